The first-order valence-corrected chi connectivity index (χ1v) is 6.66. The van der Waals surface area contributed by atoms with Crippen LogP contribution in [0.1, 0.15) is 32.4 Å². The van der Waals surface area contributed by atoms with Gasteiger partial charge in [0, 0.05) is 24.8 Å². The van der Waals surface area contributed by atoms with E-state index in [1.807, 2.05) is 36.2 Å². The first-order valence-electron chi connectivity index (χ1n) is 6.66. The van der Waals surface area contributed by atoms with Gasteiger partial charge in [0.2, 0.25) is 5.91 Å². The molecule has 1 aromatic rings. The summed E-state index contributed by atoms with van der Waals surface area (Å²) in [5.41, 5.74) is 1.72. The molecular weight excluding hydrogens is 240 g/mol. The second kappa shape index (κ2) is 7.14. The Morgan fingerprint density at radius 2 is 1.95 bits per heavy atom. The van der Waals surface area contributed by atoms with E-state index in [1.54, 1.807) is 6.92 Å². The van der Waals surface area contributed by atoms with Gasteiger partial charge in [-0.05, 0) is 18.9 Å². The Morgan fingerprint density at radius 1 is 1.32 bits per heavy atom. The molecule has 1 aromatic carbocycles. The van der Waals surface area contributed by atoms with Gasteiger partial charge in [0.05, 0.1) is 12.6 Å². The lowest BCUT2D eigenvalue weighted by Crippen LogP contribution is -2.37. The smallest absolute Gasteiger partial charge is 0.239 e. The fourth-order valence-electron chi connectivity index (χ4n) is 1.86. The number of nitrogens with one attached hydrogen (secondary N) is 1. The molecule has 0 spiro atoms. The monoisotopic (exact) mass is 264 g/mol. The number of para-hydroxylation sites is 1. The molecule has 1 amide bonds. The summed E-state index contributed by atoms with van der Waals surface area (Å²) in [6.07, 6.45) is -0.544. The molecule has 0 aromatic heterocycles. The number of amides is 1. The van der Waals surface area contributed by atoms with E-state index < -0.39 is 6.10 Å². The van der Waals surface area contributed by atoms with Gasteiger partial charge >= 0.3 is 0 Å². The van der Waals surface area contributed by atoms with Crippen molar-refractivity contribution >= 4 is 11.6 Å². The number of benzene rings is 1. The second-order valence-corrected chi connectivity index (χ2v) is 5.29. The molecule has 0 bridgehead atoms. The van der Waals surface area contributed by atoms with Crippen LogP contribution in [0.3, 0.4) is 0 Å². The predicted octanol–water partition coefficient (Wildman–Crippen LogP) is 1.95. The molecule has 0 fully saturated rings. The van der Waals surface area contributed by atoms with Crippen molar-refractivity contribution in [2.75, 3.05) is 25.0 Å². The van der Waals surface area contributed by atoms with Crippen molar-refractivity contribution in [3.05, 3.63) is 29.8 Å². The van der Waals surface area contributed by atoms with E-state index in [-0.39, 0.29) is 12.5 Å². The summed E-state index contributed by atoms with van der Waals surface area (Å²) in [4.78, 5) is 13.7. The highest BCUT2D eigenvalue weighted by Gasteiger charge is 2.13. The van der Waals surface area contributed by atoms with Crippen molar-refractivity contribution in [1.82, 2.24) is 5.32 Å². The molecule has 0 unspecified atom stereocenters. The van der Waals surface area contributed by atoms with Gasteiger partial charge in [-0.1, -0.05) is 32.0 Å². The van der Waals surface area contributed by atoms with Crippen LogP contribution in [-0.2, 0) is 4.79 Å². The van der Waals surface area contributed by atoms with Gasteiger partial charge in [-0.2, -0.15) is 0 Å². The third-order valence-electron chi connectivity index (χ3n) is 2.89. The Labute approximate surface area is 115 Å². The number of anilines is 1. The van der Waals surface area contributed by atoms with Crippen LogP contribution < -0.4 is 10.2 Å². The van der Waals surface area contributed by atoms with Crippen LogP contribution in [0.15, 0.2) is 24.3 Å². The Morgan fingerprint density at radius 3 is 2.53 bits per heavy atom. The Kier molecular flexibility index (Phi) is 5.83. The maximum absolute atomic E-state index is 11.8. The number of likely N-dealkylation sites (N-methyl/N-ethyl adjacent to an activating group) is 1. The molecule has 0 saturated heterocycles. The molecule has 0 saturated carbocycles. The van der Waals surface area contributed by atoms with E-state index >= 15 is 0 Å². The molecular formula is C15H24N2O2. The van der Waals surface area contributed by atoms with E-state index in [0.29, 0.717) is 12.5 Å². The molecule has 0 aliphatic rings. The third kappa shape index (κ3) is 4.91. The minimum Gasteiger partial charge on any atom is -0.389 e. The fourth-order valence-corrected chi connectivity index (χ4v) is 1.86. The number of rotatable bonds is 6. The summed E-state index contributed by atoms with van der Waals surface area (Å²) in [7, 11) is 1.86. The Balaban J connectivity index is 2.68. The molecule has 0 radical (unpaired) electrons. The first-order chi connectivity index (χ1) is 8.91. The summed E-state index contributed by atoms with van der Waals surface area (Å²) in [6, 6.07) is 7.59. The number of carbonyl (C=O) groups is 1. The van der Waals surface area contributed by atoms with E-state index in [0.717, 1.165) is 11.3 Å². The summed E-state index contributed by atoms with van der Waals surface area (Å²) in [5, 5.41) is 12.6. The number of aliphatic hydroxyl groups is 1. The molecule has 1 rings (SSSR count). The van der Waals surface area contributed by atoms with Crippen LogP contribution in [0.25, 0.3) is 0 Å². The van der Waals surface area contributed by atoms with Crippen molar-refractivity contribution in [2.24, 2.45) is 5.92 Å². The minimum absolute atomic E-state index is 0.00315. The SMILES string of the molecule is CC(C)CNC(=O)CN(C)c1ccccc1[C@H](C)O. The van der Waals surface area contributed by atoms with Gasteiger partial charge in [0.25, 0.3) is 0 Å². The zero-order chi connectivity index (χ0) is 14.4. The summed E-state index contributed by atoms with van der Waals surface area (Å²) >= 11 is 0. The van der Waals surface area contributed by atoms with Crippen LogP contribution in [0.2, 0.25) is 0 Å². The van der Waals surface area contributed by atoms with E-state index in [9.17, 15) is 9.90 Å². The zero-order valence-electron chi connectivity index (χ0n) is 12.2. The number of aliphatic hydroxyl groups excluding tert-OH is 1. The molecule has 4 nitrogen and oxygen atoms in total. The molecule has 0 aliphatic carbocycles. The van der Waals surface area contributed by atoms with Crippen molar-refractivity contribution < 1.29 is 9.90 Å². The average molecular weight is 264 g/mol. The number of hydrogen-bond acceptors (Lipinski definition) is 3. The van der Waals surface area contributed by atoms with Crippen LogP contribution >= 0.6 is 0 Å². The number of hydrogen-bond donors (Lipinski definition) is 2. The fraction of sp³-hybridized carbons (Fsp3) is 0.533. The average Bonchev–Trinajstić information content (AvgIpc) is 2.36. The summed E-state index contributed by atoms with van der Waals surface area (Å²) in [5.74, 6) is 0.440. The van der Waals surface area contributed by atoms with Gasteiger partial charge in [0.15, 0.2) is 0 Å². The molecule has 1 atom stereocenters. The second-order valence-electron chi connectivity index (χ2n) is 5.29. The van der Waals surface area contributed by atoms with E-state index in [1.165, 1.54) is 0 Å². The number of nitrogens with zero attached hydrogens (tertiary/aromatic N) is 1. The standard InChI is InChI=1S/C15H24N2O2/c1-11(2)9-16-15(19)10-17(4)14-8-6-5-7-13(14)12(3)18/h5-8,11-12,18H,9-10H2,1-4H3,(H,16,19)/t12-/m0/s1. The van der Waals surface area contributed by atoms with Gasteiger partial charge in [-0.15, -0.1) is 0 Å². The van der Waals surface area contributed by atoms with Crippen molar-refractivity contribution in [2.45, 2.75) is 26.9 Å². The zero-order valence-corrected chi connectivity index (χ0v) is 12.2. The predicted molar refractivity (Wildman–Crippen MR) is 78.2 cm³/mol. The van der Waals surface area contributed by atoms with Crippen LogP contribution in [0, 0.1) is 5.92 Å². The highest BCUT2D eigenvalue weighted by molar-refractivity contribution is 5.81. The van der Waals surface area contributed by atoms with Crippen molar-refractivity contribution in [3.63, 3.8) is 0 Å². The van der Waals surface area contributed by atoms with Crippen LogP contribution in [0.4, 0.5) is 5.69 Å². The Hall–Kier alpha value is -1.55. The van der Waals surface area contributed by atoms with E-state index in [4.69, 9.17) is 0 Å². The normalized spacial score (nSPS) is 12.3. The topological polar surface area (TPSA) is 52.6 Å². The molecule has 106 valence electrons. The third-order valence-corrected chi connectivity index (χ3v) is 2.89. The van der Waals surface area contributed by atoms with Crippen LogP contribution in [-0.4, -0.2) is 31.2 Å². The van der Waals surface area contributed by atoms with E-state index in [2.05, 4.69) is 19.2 Å². The van der Waals surface area contributed by atoms with Gasteiger partial charge in [-0.3, -0.25) is 4.79 Å². The Bertz CT molecular complexity index is 416. The van der Waals surface area contributed by atoms with Gasteiger partial charge < -0.3 is 15.3 Å². The minimum atomic E-state index is -0.544. The number of carbonyl (C=O) groups excluding carboxylic acids is 1. The maximum atomic E-state index is 11.8. The molecule has 19 heavy (non-hydrogen) atoms. The molecule has 0 heterocycles. The quantitative estimate of drug-likeness (QED) is 0.825. The molecule has 4 heteroatoms. The molecule has 2 N–H and O–H groups in total. The summed E-state index contributed by atoms with van der Waals surface area (Å²) in [6.45, 7) is 6.83. The van der Waals surface area contributed by atoms with Crippen molar-refractivity contribution in [1.29, 1.82) is 0 Å². The lowest BCUT2D eigenvalue weighted by atomic mass is 10.1. The highest BCUT2D eigenvalue weighted by Crippen LogP contribution is 2.24. The largest absolute Gasteiger partial charge is 0.389 e. The van der Waals surface area contributed by atoms with Crippen LogP contribution in [0.5, 0.6) is 0 Å². The lowest BCUT2D eigenvalue weighted by Gasteiger charge is -2.23. The highest BCUT2D eigenvalue weighted by atomic mass is 16.3. The molecule has 0 aliphatic heterocycles. The van der Waals surface area contributed by atoms with Crippen molar-refractivity contribution in [3.8, 4) is 0 Å². The first kappa shape index (κ1) is 15.5. The van der Waals surface area contributed by atoms with Gasteiger partial charge in [0.1, 0.15) is 0 Å². The van der Waals surface area contributed by atoms with Gasteiger partial charge in [-0.25, -0.2) is 0 Å². The summed E-state index contributed by atoms with van der Waals surface area (Å²) < 4.78 is 0. The maximum Gasteiger partial charge on any atom is 0.239 e. The lowest BCUT2D eigenvalue weighted by molar-refractivity contribution is -0.119.